The van der Waals surface area contributed by atoms with Gasteiger partial charge in [-0.2, -0.15) is 0 Å². The Morgan fingerprint density at radius 3 is 2.24 bits per heavy atom. The highest BCUT2D eigenvalue weighted by Crippen LogP contribution is 2.14. The summed E-state index contributed by atoms with van der Waals surface area (Å²) in [4.78, 5) is 10.8. The number of rotatable bonds is 5. The summed E-state index contributed by atoms with van der Waals surface area (Å²) in [5, 5.41) is 15.5. The van der Waals surface area contributed by atoms with Crippen molar-refractivity contribution in [1.82, 2.24) is 0 Å². The van der Waals surface area contributed by atoms with Crippen LogP contribution in [0.1, 0.15) is 27.2 Å². The number of hydrogen-bond donors (Lipinski definition) is 3. The van der Waals surface area contributed by atoms with E-state index in [1.54, 1.807) is 13.8 Å². The SMILES string of the molecule is CC(=O)Nc1ccc(NCCC(C)(C)O)cc1. The van der Waals surface area contributed by atoms with E-state index in [9.17, 15) is 9.90 Å². The molecule has 94 valence electrons. The molecule has 0 bridgehead atoms. The molecule has 0 aliphatic rings. The van der Waals surface area contributed by atoms with E-state index in [1.807, 2.05) is 24.3 Å². The molecule has 4 heteroatoms. The highest BCUT2D eigenvalue weighted by Gasteiger charge is 2.10. The first-order valence-electron chi connectivity index (χ1n) is 5.71. The lowest BCUT2D eigenvalue weighted by molar-refractivity contribution is -0.114. The summed E-state index contributed by atoms with van der Waals surface area (Å²) >= 11 is 0. The van der Waals surface area contributed by atoms with Crippen LogP contribution in [0.4, 0.5) is 11.4 Å². The summed E-state index contributed by atoms with van der Waals surface area (Å²) in [5.74, 6) is -0.0762. The largest absolute Gasteiger partial charge is 0.390 e. The fraction of sp³-hybridized carbons (Fsp3) is 0.462. The number of benzene rings is 1. The zero-order chi connectivity index (χ0) is 12.9. The average Bonchev–Trinajstić information content (AvgIpc) is 2.18. The van der Waals surface area contributed by atoms with Gasteiger partial charge in [-0.1, -0.05) is 0 Å². The molecule has 0 saturated heterocycles. The first-order valence-corrected chi connectivity index (χ1v) is 5.71. The summed E-state index contributed by atoms with van der Waals surface area (Å²) in [7, 11) is 0. The quantitative estimate of drug-likeness (QED) is 0.734. The Kier molecular flexibility index (Phi) is 4.52. The third kappa shape index (κ3) is 5.92. The molecule has 0 unspecified atom stereocenters. The summed E-state index contributed by atoms with van der Waals surface area (Å²) in [6.45, 7) is 5.77. The van der Waals surface area contributed by atoms with Crippen molar-refractivity contribution in [1.29, 1.82) is 0 Å². The molecule has 3 N–H and O–H groups in total. The van der Waals surface area contributed by atoms with Gasteiger partial charge >= 0.3 is 0 Å². The van der Waals surface area contributed by atoms with Gasteiger partial charge in [-0.3, -0.25) is 4.79 Å². The fourth-order valence-corrected chi connectivity index (χ4v) is 1.39. The molecule has 4 nitrogen and oxygen atoms in total. The fourth-order valence-electron chi connectivity index (χ4n) is 1.39. The van der Waals surface area contributed by atoms with Crippen LogP contribution in [0.2, 0.25) is 0 Å². The molecule has 1 aromatic rings. The Morgan fingerprint density at radius 1 is 1.24 bits per heavy atom. The van der Waals surface area contributed by atoms with Gasteiger partial charge in [0.05, 0.1) is 5.60 Å². The van der Waals surface area contributed by atoms with Crippen LogP contribution in [0.3, 0.4) is 0 Å². The highest BCUT2D eigenvalue weighted by atomic mass is 16.3. The highest BCUT2D eigenvalue weighted by molar-refractivity contribution is 5.88. The van der Waals surface area contributed by atoms with Crippen LogP contribution < -0.4 is 10.6 Å². The van der Waals surface area contributed by atoms with Crippen LogP contribution in [0.5, 0.6) is 0 Å². The third-order valence-corrected chi connectivity index (χ3v) is 2.27. The zero-order valence-electron chi connectivity index (χ0n) is 10.6. The lowest BCUT2D eigenvalue weighted by Gasteiger charge is -2.17. The number of hydrogen-bond acceptors (Lipinski definition) is 3. The molecular formula is C13H20N2O2. The number of amides is 1. The summed E-state index contributed by atoms with van der Waals surface area (Å²) in [5.41, 5.74) is 1.11. The van der Waals surface area contributed by atoms with Crippen molar-refractivity contribution in [3.05, 3.63) is 24.3 Å². The molecule has 0 saturated carbocycles. The lowest BCUT2D eigenvalue weighted by Crippen LogP contribution is -2.22. The van der Waals surface area contributed by atoms with E-state index in [1.165, 1.54) is 6.92 Å². The predicted octanol–water partition coefficient (Wildman–Crippen LogP) is 2.22. The molecule has 0 spiro atoms. The molecule has 1 aromatic carbocycles. The van der Waals surface area contributed by atoms with Crippen molar-refractivity contribution in [3.63, 3.8) is 0 Å². The van der Waals surface area contributed by atoms with Gasteiger partial charge in [0.25, 0.3) is 0 Å². The van der Waals surface area contributed by atoms with Crippen LogP contribution in [0.15, 0.2) is 24.3 Å². The van der Waals surface area contributed by atoms with Crippen molar-refractivity contribution in [2.24, 2.45) is 0 Å². The number of carbonyl (C=O) groups is 1. The van der Waals surface area contributed by atoms with Crippen LogP contribution in [0.25, 0.3) is 0 Å². The molecule has 0 heterocycles. The number of anilines is 2. The van der Waals surface area contributed by atoms with Crippen LogP contribution in [0, 0.1) is 0 Å². The summed E-state index contributed by atoms with van der Waals surface area (Å²) in [6, 6.07) is 7.48. The maximum Gasteiger partial charge on any atom is 0.221 e. The number of carbonyl (C=O) groups excluding carboxylic acids is 1. The van der Waals surface area contributed by atoms with Gasteiger partial charge in [0.15, 0.2) is 0 Å². The molecule has 0 radical (unpaired) electrons. The lowest BCUT2D eigenvalue weighted by atomic mass is 10.1. The molecule has 1 amide bonds. The van der Waals surface area contributed by atoms with Gasteiger partial charge in [0.1, 0.15) is 0 Å². The van der Waals surface area contributed by atoms with Crippen molar-refractivity contribution in [2.45, 2.75) is 32.8 Å². The number of aliphatic hydroxyl groups is 1. The van der Waals surface area contributed by atoms with E-state index < -0.39 is 5.60 Å². The summed E-state index contributed by atoms with van der Waals surface area (Å²) < 4.78 is 0. The Balaban J connectivity index is 2.43. The number of nitrogens with one attached hydrogen (secondary N) is 2. The second-order valence-electron chi connectivity index (χ2n) is 4.75. The first kappa shape index (κ1) is 13.5. The minimum Gasteiger partial charge on any atom is -0.390 e. The van der Waals surface area contributed by atoms with E-state index in [2.05, 4.69) is 10.6 Å². The standard InChI is InChI=1S/C13H20N2O2/c1-10(16)15-12-6-4-11(5-7-12)14-9-8-13(2,3)17/h4-7,14,17H,8-9H2,1-3H3,(H,15,16). The van der Waals surface area contributed by atoms with Crippen molar-refractivity contribution in [3.8, 4) is 0 Å². The molecule has 0 aliphatic carbocycles. The summed E-state index contributed by atoms with van der Waals surface area (Å²) in [6.07, 6.45) is 0.681. The maximum atomic E-state index is 10.8. The predicted molar refractivity (Wildman–Crippen MR) is 70.2 cm³/mol. The topological polar surface area (TPSA) is 61.4 Å². The smallest absolute Gasteiger partial charge is 0.221 e. The van der Waals surface area contributed by atoms with Gasteiger partial charge in [-0.15, -0.1) is 0 Å². The van der Waals surface area contributed by atoms with E-state index in [4.69, 9.17) is 0 Å². The second kappa shape index (κ2) is 5.68. The van der Waals surface area contributed by atoms with E-state index in [-0.39, 0.29) is 5.91 Å². The van der Waals surface area contributed by atoms with Gasteiger partial charge in [0, 0.05) is 24.8 Å². The minimum absolute atomic E-state index is 0.0762. The van der Waals surface area contributed by atoms with Crippen LogP contribution >= 0.6 is 0 Å². The molecule has 0 aliphatic heterocycles. The van der Waals surface area contributed by atoms with Crippen LogP contribution in [-0.2, 0) is 4.79 Å². The third-order valence-electron chi connectivity index (χ3n) is 2.27. The van der Waals surface area contributed by atoms with Gasteiger partial charge in [-0.05, 0) is 44.5 Å². The Bertz CT molecular complexity index is 366. The first-order chi connectivity index (χ1) is 7.87. The average molecular weight is 236 g/mol. The van der Waals surface area contributed by atoms with E-state index >= 15 is 0 Å². The molecule has 0 atom stereocenters. The molecule has 17 heavy (non-hydrogen) atoms. The van der Waals surface area contributed by atoms with Gasteiger partial charge in [0.2, 0.25) is 5.91 Å². The van der Waals surface area contributed by atoms with E-state index in [0.29, 0.717) is 13.0 Å². The van der Waals surface area contributed by atoms with Crippen molar-refractivity contribution >= 4 is 17.3 Å². The Labute approximate surface area is 102 Å². The van der Waals surface area contributed by atoms with E-state index in [0.717, 1.165) is 11.4 Å². The molecule has 0 aromatic heterocycles. The van der Waals surface area contributed by atoms with Gasteiger partial charge < -0.3 is 15.7 Å². The monoisotopic (exact) mass is 236 g/mol. The van der Waals surface area contributed by atoms with Crippen LogP contribution in [-0.4, -0.2) is 23.2 Å². The van der Waals surface area contributed by atoms with Crippen molar-refractivity contribution < 1.29 is 9.90 Å². The molecule has 0 fully saturated rings. The van der Waals surface area contributed by atoms with Gasteiger partial charge in [-0.25, -0.2) is 0 Å². The zero-order valence-corrected chi connectivity index (χ0v) is 10.6. The minimum atomic E-state index is -0.650. The Morgan fingerprint density at radius 2 is 1.76 bits per heavy atom. The second-order valence-corrected chi connectivity index (χ2v) is 4.75. The molecule has 1 rings (SSSR count). The molecular weight excluding hydrogens is 216 g/mol. The Hall–Kier alpha value is -1.55. The maximum absolute atomic E-state index is 10.8. The normalized spacial score (nSPS) is 11.1. The van der Waals surface area contributed by atoms with Crippen molar-refractivity contribution in [2.75, 3.05) is 17.2 Å².